The van der Waals surface area contributed by atoms with Gasteiger partial charge in [-0.3, -0.25) is 15.6 Å². The number of carbonyl (C=O) groups excluding carboxylic acids is 1. The lowest BCUT2D eigenvalue weighted by atomic mass is 9.94. The third kappa shape index (κ3) is 4.03. The standard InChI is InChI=1S/C20H22N4O3S2/c1-20(2)9-13-14(10-27-20)29-18-15(13)16(21-19(22-18)28-4)23-24-17(25)11-5-7-12(26-3)8-6-11/h5-8H,9-10H2,1-4H3,(H,24,25)(H,21,22,23). The van der Waals surface area contributed by atoms with Crippen molar-refractivity contribution >= 4 is 45.0 Å². The molecule has 3 heterocycles. The van der Waals surface area contributed by atoms with Crippen molar-refractivity contribution in [3.63, 3.8) is 0 Å². The van der Waals surface area contributed by atoms with Gasteiger partial charge in [-0.2, -0.15) is 0 Å². The molecule has 0 saturated carbocycles. The molecule has 0 unspecified atom stereocenters. The maximum absolute atomic E-state index is 12.6. The molecule has 4 rings (SSSR count). The number of thioether (sulfide) groups is 1. The van der Waals surface area contributed by atoms with Gasteiger partial charge in [0.1, 0.15) is 10.6 Å². The first kappa shape index (κ1) is 19.9. The second-order valence-electron chi connectivity index (χ2n) is 7.28. The zero-order chi connectivity index (χ0) is 20.6. The number of anilines is 1. The lowest BCUT2D eigenvalue weighted by Gasteiger charge is -2.30. The molecule has 0 atom stereocenters. The number of aromatic nitrogens is 2. The second kappa shape index (κ2) is 7.81. The Labute approximate surface area is 177 Å². The quantitative estimate of drug-likeness (QED) is 0.359. The Morgan fingerprint density at radius 2 is 2.03 bits per heavy atom. The van der Waals surface area contributed by atoms with Crippen LogP contribution in [0.2, 0.25) is 0 Å². The van der Waals surface area contributed by atoms with Crippen molar-refractivity contribution in [1.82, 2.24) is 15.4 Å². The van der Waals surface area contributed by atoms with E-state index in [1.54, 1.807) is 42.7 Å². The third-order valence-corrected chi connectivity index (χ3v) is 6.39. The van der Waals surface area contributed by atoms with Crippen molar-refractivity contribution in [2.75, 3.05) is 18.8 Å². The van der Waals surface area contributed by atoms with E-state index in [9.17, 15) is 4.79 Å². The van der Waals surface area contributed by atoms with Gasteiger partial charge in [0.25, 0.3) is 5.91 Å². The van der Waals surface area contributed by atoms with Crippen molar-refractivity contribution in [3.8, 4) is 5.75 Å². The van der Waals surface area contributed by atoms with Gasteiger partial charge in [0.15, 0.2) is 11.0 Å². The third-order valence-electron chi connectivity index (χ3n) is 4.74. The lowest BCUT2D eigenvalue weighted by Crippen LogP contribution is -2.32. The molecule has 2 N–H and O–H groups in total. The summed E-state index contributed by atoms with van der Waals surface area (Å²) in [6.45, 7) is 4.72. The molecule has 1 aliphatic heterocycles. The second-order valence-corrected chi connectivity index (χ2v) is 9.13. The minimum atomic E-state index is -0.252. The van der Waals surface area contributed by atoms with Crippen LogP contribution in [0.5, 0.6) is 5.75 Å². The number of methoxy groups -OCH3 is 1. The van der Waals surface area contributed by atoms with Crippen molar-refractivity contribution in [2.24, 2.45) is 0 Å². The fraction of sp³-hybridized carbons (Fsp3) is 0.350. The summed E-state index contributed by atoms with van der Waals surface area (Å²) in [6.07, 6.45) is 2.70. The maximum atomic E-state index is 12.6. The number of rotatable bonds is 5. The van der Waals surface area contributed by atoms with Gasteiger partial charge in [0, 0.05) is 16.9 Å². The minimum absolute atomic E-state index is 0.247. The lowest BCUT2D eigenvalue weighted by molar-refractivity contribution is -0.0379. The molecule has 0 aliphatic carbocycles. The summed E-state index contributed by atoms with van der Waals surface area (Å²) >= 11 is 3.09. The van der Waals surface area contributed by atoms with Gasteiger partial charge in [0.2, 0.25) is 0 Å². The van der Waals surface area contributed by atoms with Crippen LogP contribution in [-0.2, 0) is 17.8 Å². The predicted octanol–water partition coefficient (Wildman–Crippen LogP) is 4.03. The molecule has 0 saturated heterocycles. The number of ether oxygens (including phenoxy) is 2. The highest BCUT2D eigenvalue weighted by Gasteiger charge is 2.31. The first-order valence-electron chi connectivity index (χ1n) is 9.11. The number of nitrogens with one attached hydrogen (secondary N) is 2. The summed E-state index contributed by atoms with van der Waals surface area (Å²) in [7, 11) is 1.59. The number of fused-ring (bicyclic) bond motifs is 3. The van der Waals surface area contributed by atoms with Crippen molar-refractivity contribution in [3.05, 3.63) is 40.3 Å². The number of nitrogens with zero attached hydrogens (tertiary/aromatic N) is 2. The number of hydrogen-bond donors (Lipinski definition) is 2. The first-order chi connectivity index (χ1) is 13.9. The van der Waals surface area contributed by atoms with E-state index in [1.807, 2.05) is 6.26 Å². The Balaban J connectivity index is 1.65. The Morgan fingerprint density at radius 3 is 2.72 bits per heavy atom. The highest BCUT2D eigenvalue weighted by Crippen LogP contribution is 2.41. The van der Waals surface area contributed by atoms with Crippen LogP contribution in [0.3, 0.4) is 0 Å². The Bertz CT molecular complexity index is 1060. The van der Waals surface area contributed by atoms with Crippen LogP contribution in [0.4, 0.5) is 5.82 Å². The highest BCUT2D eigenvalue weighted by molar-refractivity contribution is 7.98. The average Bonchev–Trinajstić information content (AvgIpc) is 3.08. The van der Waals surface area contributed by atoms with Gasteiger partial charge in [0.05, 0.1) is 24.7 Å². The first-order valence-corrected chi connectivity index (χ1v) is 11.1. The summed E-state index contributed by atoms with van der Waals surface area (Å²) < 4.78 is 11.1. The Kier molecular flexibility index (Phi) is 5.37. The molecule has 29 heavy (non-hydrogen) atoms. The summed E-state index contributed by atoms with van der Waals surface area (Å²) in [5.41, 5.74) is 7.25. The summed E-state index contributed by atoms with van der Waals surface area (Å²) in [5, 5.41) is 1.60. The largest absolute Gasteiger partial charge is 0.497 e. The van der Waals surface area contributed by atoms with E-state index in [2.05, 4.69) is 34.7 Å². The normalized spacial score (nSPS) is 15.0. The van der Waals surface area contributed by atoms with E-state index >= 15 is 0 Å². The number of hydrazine groups is 1. The molecule has 0 fully saturated rings. The van der Waals surface area contributed by atoms with Gasteiger partial charge in [-0.05, 0) is 49.9 Å². The van der Waals surface area contributed by atoms with Gasteiger partial charge >= 0.3 is 0 Å². The van der Waals surface area contributed by atoms with Crippen LogP contribution in [-0.4, -0.2) is 34.8 Å². The van der Waals surface area contributed by atoms with E-state index in [0.29, 0.717) is 28.9 Å². The molecule has 1 aliphatic rings. The van der Waals surface area contributed by atoms with Crippen LogP contribution in [0.25, 0.3) is 10.2 Å². The zero-order valence-electron chi connectivity index (χ0n) is 16.7. The van der Waals surface area contributed by atoms with Gasteiger partial charge in [-0.15, -0.1) is 11.3 Å². The Hall–Kier alpha value is -2.36. The fourth-order valence-corrected chi connectivity index (χ4v) is 4.76. The van der Waals surface area contributed by atoms with Crippen LogP contribution in [0, 0.1) is 0 Å². The minimum Gasteiger partial charge on any atom is -0.497 e. The topological polar surface area (TPSA) is 85.4 Å². The molecular formula is C20H22N4O3S2. The maximum Gasteiger partial charge on any atom is 0.269 e. The molecule has 2 aromatic heterocycles. The van der Waals surface area contributed by atoms with Crippen LogP contribution < -0.4 is 15.6 Å². The molecule has 0 radical (unpaired) electrons. The number of benzene rings is 1. The number of thiophene rings is 1. The molecule has 1 aromatic carbocycles. The van der Waals surface area contributed by atoms with E-state index in [0.717, 1.165) is 21.5 Å². The Morgan fingerprint density at radius 1 is 1.28 bits per heavy atom. The van der Waals surface area contributed by atoms with Gasteiger partial charge in [-0.1, -0.05) is 11.8 Å². The van der Waals surface area contributed by atoms with Gasteiger partial charge < -0.3 is 9.47 Å². The van der Waals surface area contributed by atoms with Crippen LogP contribution in [0.15, 0.2) is 29.4 Å². The van der Waals surface area contributed by atoms with E-state index in [1.165, 1.54) is 17.3 Å². The van der Waals surface area contributed by atoms with Crippen LogP contribution >= 0.6 is 23.1 Å². The molecular weight excluding hydrogens is 408 g/mol. The van der Waals surface area contributed by atoms with Crippen molar-refractivity contribution in [2.45, 2.75) is 37.6 Å². The molecule has 1 amide bonds. The fourth-order valence-electron chi connectivity index (χ4n) is 3.24. The van der Waals surface area contributed by atoms with Crippen LogP contribution in [0.1, 0.15) is 34.6 Å². The number of hydrogen-bond acceptors (Lipinski definition) is 8. The van der Waals surface area contributed by atoms with Crippen molar-refractivity contribution in [1.29, 1.82) is 0 Å². The van der Waals surface area contributed by atoms with E-state index in [-0.39, 0.29) is 11.5 Å². The molecule has 9 heteroatoms. The average molecular weight is 431 g/mol. The molecule has 152 valence electrons. The molecule has 7 nitrogen and oxygen atoms in total. The van der Waals surface area contributed by atoms with Gasteiger partial charge in [-0.25, -0.2) is 9.97 Å². The molecule has 3 aromatic rings. The zero-order valence-corrected chi connectivity index (χ0v) is 18.3. The number of carbonyl (C=O) groups is 1. The highest BCUT2D eigenvalue weighted by atomic mass is 32.2. The summed E-state index contributed by atoms with van der Waals surface area (Å²) in [5.74, 6) is 1.06. The monoisotopic (exact) mass is 430 g/mol. The van der Waals surface area contributed by atoms with E-state index in [4.69, 9.17) is 9.47 Å². The molecule has 0 bridgehead atoms. The predicted molar refractivity (Wildman–Crippen MR) is 116 cm³/mol. The summed E-state index contributed by atoms with van der Waals surface area (Å²) in [6, 6.07) is 6.93. The van der Waals surface area contributed by atoms with Crippen molar-refractivity contribution < 1.29 is 14.3 Å². The smallest absolute Gasteiger partial charge is 0.269 e. The number of amides is 1. The SMILES string of the molecule is COc1ccc(C(=O)NNc2nc(SC)nc3sc4c(c23)CC(C)(C)OC4)cc1. The summed E-state index contributed by atoms with van der Waals surface area (Å²) in [4.78, 5) is 23.9. The molecule has 0 spiro atoms. The van der Waals surface area contributed by atoms with E-state index < -0.39 is 0 Å².